The minimum Gasteiger partial charge on any atom is -0.493 e. The summed E-state index contributed by atoms with van der Waals surface area (Å²) in [6, 6.07) is 4.10. The van der Waals surface area contributed by atoms with Gasteiger partial charge in [-0.3, -0.25) is 0 Å². The summed E-state index contributed by atoms with van der Waals surface area (Å²) in [5.41, 5.74) is -0.261. The SMILES string of the molecule is CC.CC1CCOc2cccc(C(F)(F)F)c21. The first-order chi connectivity index (χ1) is 8.00. The van der Waals surface area contributed by atoms with Crippen LogP contribution in [0.25, 0.3) is 0 Å². The second-order valence-corrected chi connectivity index (χ2v) is 3.75. The van der Waals surface area contributed by atoms with Crippen molar-refractivity contribution >= 4 is 0 Å². The Labute approximate surface area is 99.6 Å². The molecule has 0 aromatic heterocycles. The minimum absolute atomic E-state index is 0.0911. The summed E-state index contributed by atoms with van der Waals surface area (Å²) in [6.45, 7) is 6.30. The molecule has 1 aliphatic heterocycles. The van der Waals surface area contributed by atoms with Gasteiger partial charge >= 0.3 is 6.18 Å². The van der Waals surface area contributed by atoms with E-state index in [4.69, 9.17) is 4.74 Å². The third-order valence-corrected chi connectivity index (χ3v) is 2.67. The van der Waals surface area contributed by atoms with Crippen LogP contribution in [0.4, 0.5) is 13.2 Å². The van der Waals surface area contributed by atoms with Crippen molar-refractivity contribution in [2.75, 3.05) is 6.61 Å². The first kappa shape index (κ1) is 13.9. The lowest BCUT2D eigenvalue weighted by Gasteiger charge is -2.26. The van der Waals surface area contributed by atoms with E-state index in [1.165, 1.54) is 6.07 Å². The topological polar surface area (TPSA) is 9.23 Å². The summed E-state index contributed by atoms with van der Waals surface area (Å²) >= 11 is 0. The second kappa shape index (κ2) is 5.43. The van der Waals surface area contributed by atoms with Crippen LogP contribution in [0.5, 0.6) is 5.75 Å². The number of hydrogen-bond donors (Lipinski definition) is 0. The van der Waals surface area contributed by atoms with Crippen LogP contribution in [0.2, 0.25) is 0 Å². The standard InChI is InChI=1S/C11H11F3O.C2H6/c1-7-5-6-15-9-4-2-3-8(10(7)9)11(12,13)14;1-2/h2-4,7H,5-6H2,1H3;1-2H3. The zero-order chi connectivity index (χ0) is 13.1. The number of fused-ring (bicyclic) bond motifs is 1. The molecule has 96 valence electrons. The molecule has 17 heavy (non-hydrogen) atoms. The maximum Gasteiger partial charge on any atom is 0.416 e. The molecule has 1 atom stereocenters. The second-order valence-electron chi connectivity index (χ2n) is 3.75. The van der Waals surface area contributed by atoms with Crippen LogP contribution in [0.15, 0.2) is 18.2 Å². The lowest BCUT2D eigenvalue weighted by atomic mass is 9.90. The van der Waals surface area contributed by atoms with Crippen LogP contribution < -0.4 is 4.74 Å². The normalized spacial score (nSPS) is 18.6. The van der Waals surface area contributed by atoms with Gasteiger partial charge in [-0.2, -0.15) is 13.2 Å². The van der Waals surface area contributed by atoms with Gasteiger partial charge in [0.25, 0.3) is 0 Å². The Hall–Kier alpha value is -1.19. The maximum atomic E-state index is 12.7. The van der Waals surface area contributed by atoms with Crippen LogP contribution in [0, 0.1) is 0 Å². The molecule has 4 heteroatoms. The van der Waals surface area contributed by atoms with Gasteiger partial charge in [-0.1, -0.05) is 26.8 Å². The molecule has 0 fully saturated rings. The summed E-state index contributed by atoms with van der Waals surface area (Å²) in [5.74, 6) is 0.287. The highest BCUT2D eigenvalue weighted by atomic mass is 19.4. The van der Waals surface area contributed by atoms with Gasteiger partial charge in [-0.15, -0.1) is 0 Å². The molecule has 2 rings (SSSR count). The molecular formula is C13H17F3O. The van der Waals surface area contributed by atoms with Crippen molar-refractivity contribution in [3.05, 3.63) is 29.3 Å². The molecule has 0 radical (unpaired) electrons. The summed E-state index contributed by atoms with van der Waals surface area (Å²) in [6.07, 6.45) is -3.65. The summed E-state index contributed by atoms with van der Waals surface area (Å²) in [4.78, 5) is 0. The fraction of sp³-hybridized carbons (Fsp3) is 0.538. The van der Waals surface area contributed by atoms with Crippen LogP contribution in [0.1, 0.15) is 44.2 Å². The smallest absolute Gasteiger partial charge is 0.416 e. The van der Waals surface area contributed by atoms with Crippen molar-refractivity contribution < 1.29 is 17.9 Å². The van der Waals surface area contributed by atoms with Gasteiger partial charge in [0.2, 0.25) is 0 Å². The molecule has 0 saturated carbocycles. The number of ether oxygens (including phenoxy) is 1. The van der Waals surface area contributed by atoms with E-state index in [0.29, 0.717) is 24.3 Å². The molecule has 1 unspecified atom stereocenters. The summed E-state index contributed by atoms with van der Waals surface area (Å²) < 4.78 is 43.3. The van der Waals surface area contributed by atoms with Crippen LogP contribution >= 0.6 is 0 Å². The molecule has 0 bridgehead atoms. The molecule has 0 N–H and O–H groups in total. The van der Waals surface area contributed by atoms with Gasteiger partial charge in [-0.25, -0.2) is 0 Å². The monoisotopic (exact) mass is 246 g/mol. The Balaban J connectivity index is 0.000000686. The van der Waals surface area contributed by atoms with E-state index < -0.39 is 11.7 Å². The summed E-state index contributed by atoms with van der Waals surface area (Å²) in [5, 5.41) is 0. The van der Waals surface area contributed by atoms with Crippen LogP contribution in [-0.2, 0) is 6.18 Å². The van der Waals surface area contributed by atoms with E-state index in [1.54, 1.807) is 13.0 Å². The van der Waals surface area contributed by atoms with Gasteiger partial charge in [0.15, 0.2) is 0 Å². The van der Waals surface area contributed by atoms with E-state index in [-0.39, 0.29) is 5.92 Å². The highest BCUT2D eigenvalue weighted by Gasteiger charge is 2.36. The zero-order valence-electron chi connectivity index (χ0n) is 10.3. The van der Waals surface area contributed by atoms with Crippen LogP contribution in [-0.4, -0.2) is 6.61 Å². The molecule has 1 aliphatic rings. The highest BCUT2D eigenvalue weighted by Crippen LogP contribution is 2.42. The predicted molar refractivity (Wildman–Crippen MR) is 61.3 cm³/mol. The fourth-order valence-electron chi connectivity index (χ4n) is 1.92. The average Bonchev–Trinajstić information content (AvgIpc) is 2.30. The molecular weight excluding hydrogens is 229 g/mol. The molecule has 1 aromatic carbocycles. The third kappa shape index (κ3) is 2.93. The highest BCUT2D eigenvalue weighted by molar-refractivity contribution is 5.45. The number of benzene rings is 1. The van der Waals surface area contributed by atoms with Gasteiger partial charge in [0.05, 0.1) is 12.2 Å². The summed E-state index contributed by atoms with van der Waals surface area (Å²) in [7, 11) is 0. The lowest BCUT2D eigenvalue weighted by Crippen LogP contribution is -2.18. The largest absolute Gasteiger partial charge is 0.493 e. The van der Waals surface area contributed by atoms with Crippen molar-refractivity contribution in [3.8, 4) is 5.75 Å². The van der Waals surface area contributed by atoms with Crippen molar-refractivity contribution in [2.45, 2.75) is 39.3 Å². The number of halogens is 3. The number of hydrogen-bond acceptors (Lipinski definition) is 1. The predicted octanol–water partition coefficient (Wildman–Crippen LogP) is 4.62. The minimum atomic E-state index is -4.29. The first-order valence-corrected chi connectivity index (χ1v) is 5.83. The van der Waals surface area contributed by atoms with E-state index in [9.17, 15) is 13.2 Å². The lowest BCUT2D eigenvalue weighted by molar-refractivity contribution is -0.138. The van der Waals surface area contributed by atoms with Crippen molar-refractivity contribution in [1.29, 1.82) is 0 Å². The molecule has 0 spiro atoms. The Kier molecular flexibility index (Phi) is 4.43. The van der Waals surface area contributed by atoms with Crippen molar-refractivity contribution in [2.24, 2.45) is 0 Å². The zero-order valence-corrected chi connectivity index (χ0v) is 10.3. The molecule has 0 amide bonds. The Bertz CT molecular complexity index is 371. The van der Waals surface area contributed by atoms with Gasteiger partial charge in [0, 0.05) is 5.56 Å². The fourth-order valence-corrected chi connectivity index (χ4v) is 1.92. The van der Waals surface area contributed by atoms with Gasteiger partial charge in [-0.05, 0) is 24.5 Å². The van der Waals surface area contributed by atoms with Gasteiger partial charge < -0.3 is 4.74 Å². The molecule has 0 saturated heterocycles. The number of rotatable bonds is 0. The quantitative estimate of drug-likeness (QED) is 0.649. The molecule has 0 aliphatic carbocycles. The first-order valence-electron chi connectivity index (χ1n) is 5.83. The van der Waals surface area contributed by atoms with E-state index >= 15 is 0 Å². The van der Waals surface area contributed by atoms with E-state index in [2.05, 4.69) is 0 Å². The molecule has 1 nitrogen and oxygen atoms in total. The Morgan fingerprint density at radius 2 is 1.88 bits per heavy atom. The Morgan fingerprint density at radius 3 is 2.47 bits per heavy atom. The maximum absolute atomic E-state index is 12.7. The van der Waals surface area contributed by atoms with Crippen molar-refractivity contribution in [3.63, 3.8) is 0 Å². The van der Waals surface area contributed by atoms with Crippen LogP contribution in [0.3, 0.4) is 0 Å². The molecule has 1 heterocycles. The number of alkyl halides is 3. The van der Waals surface area contributed by atoms with E-state index in [0.717, 1.165) is 6.07 Å². The molecule has 1 aromatic rings. The van der Waals surface area contributed by atoms with E-state index in [1.807, 2.05) is 13.8 Å². The third-order valence-electron chi connectivity index (χ3n) is 2.67. The van der Waals surface area contributed by atoms with Gasteiger partial charge in [0.1, 0.15) is 5.75 Å². The Morgan fingerprint density at radius 1 is 1.24 bits per heavy atom. The average molecular weight is 246 g/mol. The van der Waals surface area contributed by atoms with Crippen molar-refractivity contribution in [1.82, 2.24) is 0 Å².